The largest absolute Gasteiger partial charge is 0.339 e. The van der Waals surface area contributed by atoms with Crippen LogP contribution in [0.15, 0.2) is 30.3 Å². The Morgan fingerprint density at radius 1 is 0.774 bits per heavy atom. The number of carbonyl (C=O) groups excluding carboxylic acids is 3. The van der Waals surface area contributed by atoms with Crippen LogP contribution in [0.25, 0.3) is 0 Å². The highest BCUT2D eigenvalue weighted by Crippen LogP contribution is 2.32. The minimum Gasteiger partial charge on any atom is -0.339 e. The zero-order valence-electron chi connectivity index (χ0n) is 18.5. The van der Waals surface area contributed by atoms with Gasteiger partial charge in [-0.05, 0) is 30.9 Å². The summed E-state index contributed by atoms with van der Waals surface area (Å²) in [6.45, 7) is 6.86. The van der Waals surface area contributed by atoms with Crippen molar-refractivity contribution in [3.63, 3.8) is 0 Å². The van der Waals surface area contributed by atoms with Gasteiger partial charge >= 0.3 is 0 Å². The smallest absolute Gasteiger partial charge is 0.253 e. The molecule has 1 saturated carbocycles. The van der Waals surface area contributed by atoms with Gasteiger partial charge in [-0.3, -0.25) is 19.3 Å². The van der Waals surface area contributed by atoms with Crippen LogP contribution in [-0.2, 0) is 9.59 Å². The van der Waals surface area contributed by atoms with Gasteiger partial charge in [-0.25, -0.2) is 0 Å². The van der Waals surface area contributed by atoms with Gasteiger partial charge in [0.1, 0.15) is 0 Å². The Bertz CT molecular complexity index is 777. The van der Waals surface area contributed by atoms with Crippen molar-refractivity contribution in [2.45, 2.75) is 38.6 Å². The van der Waals surface area contributed by atoms with Crippen LogP contribution < -0.4 is 0 Å². The summed E-state index contributed by atoms with van der Waals surface area (Å²) in [6, 6.07) is 9.33. The number of nitrogens with zero attached hydrogens (tertiary/aromatic N) is 4. The number of piperazine rings is 2. The Morgan fingerprint density at radius 2 is 1.32 bits per heavy atom. The minimum absolute atomic E-state index is 0.0735. The van der Waals surface area contributed by atoms with E-state index in [1.165, 1.54) is 12.8 Å². The molecule has 2 aliphatic heterocycles. The molecular weight excluding hydrogens is 392 g/mol. The van der Waals surface area contributed by atoms with Gasteiger partial charge in [-0.2, -0.15) is 0 Å². The fraction of sp³-hybridized carbons (Fsp3) is 0.625. The highest BCUT2D eigenvalue weighted by atomic mass is 16.2. The summed E-state index contributed by atoms with van der Waals surface area (Å²) in [5.41, 5.74) is 0.725. The number of hydrogen-bond donors (Lipinski definition) is 0. The quantitative estimate of drug-likeness (QED) is 0.735. The molecule has 0 N–H and O–H groups in total. The van der Waals surface area contributed by atoms with Crippen molar-refractivity contribution >= 4 is 17.7 Å². The Morgan fingerprint density at radius 3 is 1.90 bits per heavy atom. The molecule has 3 amide bonds. The third-order valence-corrected chi connectivity index (χ3v) is 7.15. The molecule has 1 atom stereocenters. The lowest BCUT2D eigenvalue weighted by atomic mass is 9.94. The van der Waals surface area contributed by atoms with E-state index in [1.54, 1.807) is 6.92 Å². The van der Waals surface area contributed by atoms with Crippen molar-refractivity contribution in [2.24, 2.45) is 5.92 Å². The maximum Gasteiger partial charge on any atom is 0.253 e. The van der Waals surface area contributed by atoms with Gasteiger partial charge < -0.3 is 14.7 Å². The van der Waals surface area contributed by atoms with E-state index in [9.17, 15) is 14.4 Å². The minimum atomic E-state index is -0.0969. The van der Waals surface area contributed by atoms with Crippen molar-refractivity contribution in [1.29, 1.82) is 0 Å². The number of rotatable bonds is 4. The number of amides is 3. The van der Waals surface area contributed by atoms with E-state index in [4.69, 9.17) is 0 Å². The molecule has 3 aliphatic rings. The van der Waals surface area contributed by atoms with Crippen LogP contribution in [0.2, 0.25) is 0 Å². The molecule has 0 radical (unpaired) electrons. The fourth-order valence-corrected chi connectivity index (χ4v) is 5.32. The van der Waals surface area contributed by atoms with Gasteiger partial charge in [0.05, 0.1) is 6.04 Å². The molecule has 0 aromatic heterocycles. The topological polar surface area (TPSA) is 64.2 Å². The van der Waals surface area contributed by atoms with E-state index in [2.05, 4.69) is 4.90 Å². The van der Waals surface area contributed by atoms with E-state index in [0.717, 1.165) is 31.5 Å². The maximum atomic E-state index is 13.6. The summed E-state index contributed by atoms with van der Waals surface area (Å²) >= 11 is 0. The van der Waals surface area contributed by atoms with Gasteiger partial charge in [0.25, 0.3) is 5.91 Å². The Hall–Kier alpha value is -2.41. The summed E-state index contributed by atoms with van der Waals surface area (Å²) < 4.78 is 0. The lowest BCUT2D eigenvalue weighted by Crippen LogP contribution is -2.60. The molecule has 1 aromatic carbocycles. The number of hydrogen-bond acceptors (Lipinski definition) is 4. The summed E-state index contributed by atoms with van der Waals surface area (Å²) in [4.78, 5) is 46.1. The second-order valence-corrected chi connectivity index (χ2v) is 9.01. The van der Waals surface area contributed by atoms with Crippen LogP contribution in [0.1, 0.15) is 43.0 Å². The second-order valence-electron chi connectivity index (χ2n) is 9.01. The first-order chi connectivity index (χ1) is 15.0. The summed E-state index contributed by atoms with van der Waals surface area (Å²) in [5, 5.41) is 0. The zero-order chi connectivity index (χ0) is 21.8. The SMILES string of the molecule is CC(=O)N1CCN(C(=O)C(C2CCCC2)N2CCN(C(=O)c3ccccc3)CC2)CC1. The molecule has 0 bridgehead atoms. The predicted octanol–water partition coefficient (Wildman–Crippen LogP) is 1.69. The molecule has 2 saturated heterocycles. The van der Waals surface area contributed by atoms with Crippen LogP contribution in [-0.4, -0.2) is 95.7 Å². The van der Waals surface area contributed by atoms with Gasteiger partial charge in [-0.15, -0.1) is 0 Å². The first-order valence-corrected chi connectivity index (χ1v) is 11.7. The summed E-state index contributed by atoms with van der Waals surface area (Å²) in [7, 11) is 0. The Labute approximate surface area is 185 Å². The Balaban J connectivity index is 1.40. The standard InChI is InChI=1S/C24H34N4O3/c1-19(29)25-11-15-28(16-12-25)24(31)22(20-7-5-6-8-20)26-13-17-27(18-14-26)23(30)21-9-3-2-4-10-21/h2-4,9-10,20,22H,5-8,11-18H2,1H3. The van der Waals surface area contributed by atoms with E-state index < -0.39 is 0 Å². The molecule has 0 spiro atoms. The third-order valence-electron chi connectivity index (χ3n) is 7.15. The van der Waals surface area contributed by atoms with Gasteiger partial charge in [-0.1, -0.05) is 31.0 Å². The predicted molar refractivity (Wildman–Crippen MR) is 118 cm³/mol. The van der Waals surface area contributed by atoms with Crippen molar-refractivity contribution in [3.8, 4) is 0 Å². The van der Waals surface area contributed by atoms with Crippen LogP contribution in [0.4, 0.5) is 0 Å². The van der Waals surface area contributed by atoms with Crippen molar-refractivity contribution < 1.29 is 14.4 Å². The zero-order valence-corrected chi connectivity index (χ0v) is 18.5. The van der Waals surface area contributed by atoms with Crippen molar-refractivity contribution in [3.05, 3.63) is 35.9 Å². The normalized spacial score (nSPS) is 21.9. The van der Waals surface area contributed by atoms with Crippen molar-refractivity contribution in [2.75, 3.05) is 52.4 Å². The maximum absolute atomic E-state index is 13.6. The molecule has 4 rings (SSSR count). The molecule has 7 heteroatoms. The lowest BCUT2D eigenvalue weighted by molar-refractivity contribution is -0.144. The van der Waals surface area contributed by atoms with Crippen LogP contribution >= 0.6 is 0 Å². The Kier molecular flexibility index (Phi) is 6.90. The van der Waals surface area contributed by atoms with Gasteiger partial charge in [0, 0.05) is 64.8 Å². The van der Waals surface area contributed by atoms with Crippen LogP contribution in [0.3, 0.4) is 0 Å². The summed E-state index contributed by atoms with van der Waals surface area (Å²) in [5.74, 6) is 0.774. The molecule has 1 unspecified atom stereocenters. The number of benzene rings is 1. The molecular formula is C24H34N4O3. The average Bonchev–Trinajstić information content (AvgIpc) is 3.34. The highest BCUT2D eigenvalue weighted by molar-refractivity contribution is 5.94. The lowest BCUT2D eigenvalue weighted by Gasteiger charge is -2.44. The highest BCUT2D eigenvalue weighted by Gasteiger charge is 2.40. The van der Waals surface area contributed by atoms with E-state index in [0.29, 0.717) is 45.2 Å². The second kappa shape index (κ2) is 9.81. The van der Waals surface area contributed by atoms with E-state index in [-0.39, 0.29) is 23.8 Å². The van der Waals surface area contributed by atoms with E-state index in [1.807, 2.05) is 45.0 Å². The van der Waals surface area contributed by atoms with Gasteiger partial charge in [0.15, 0.2) is 0 Å². The molecule has 3 fully saturated rings. The molecule has 7 nitrogen and oxygen atoms in total. The monoisotopic (exact) mass is 426 g/mol. The van der Waals surface area contributed by atoms with Crippen LogP contribution in [0, 0.1) is 5.92 Å². The molecule has 1 aromatic rings. The molecule has 1 aliphatic carbocycles. The van der Waals surface area contributed by atoms with Crippen LogP contribution in [0.5, 0.6) is 0 Å². The number of carbonyl (C=O) groups is 3. The first kappa shape index (κ1) is 21.8. The molecule has 168 valence electrons. The molecule has 31 heavy (non-hydrogen) atoms. The third kappa shape index (κ3) is 4.92. The average molecular weight is 427 g/mol. The van der Waals surface area contributed by atoms with Crippen molar-refractivity contribution in [1.82, 2.24) is 19.6 Å². The fourth-order valence-electron chi connectivity index (χ4n) is 5.32. The first-order valence-electron chi connectivity index (χ1n) is 11.7. The molecule has 2 heterocycles. The summed E-state index contributed by atoms with van der Waals surface area (Å²) in [6.07, 6.45) is 4.60. The van der Waals surface area contributed by atoms with E-state index >= 15 is 0 Å². The van der Waals surface area contributed by atoms with Gasteiger partial charge in [0.2, 0.25) is 11.8 Å².